The number of rotatable bonds is 6. The number of carbonyl (C=O) groups is 1. The first kappa shape index (κ1) is 20.8. The lowest BCUT2D eigenvalue weighted by Crippen LogP contribution is -2.33. The number of amides is 1. The molecule has 0 aliphatic carbocycles. The lowest BCUT2D eigenvalue weighted by molar-refractivity contribution is -0.116. The van der Waals surface area contributed by atoms with E-state index in [9.17, 15) is 9.59 Å². The predicted octanol–water partition coefficient (Wildman–Crippen LogP) is 5.18. The smallest absolute Gasteiger partial charge is 0.263 e. The van der Waals surface area contributed by atoms with E-state index < -0.39 is 0 Å². The molecule has 8 heteroatoms. The van der Waals surface area contributed by atoms with Crippen molar-refractivity contribution in [2.45, 2.75) is 19.0 Å². The van der Waals surface area contributed by atoms with E-state index in [2.05, 4.69) is 0 Å². The van der Waals surface area contributed by atoms with Crippen LogP contribution < -0.4 is 10.5 Å². The summed E-state index contributed by atoms with van der Waals surface area (Å²) >= 11 is 4.38. The van der Waals surface area contributed by atoms with Crippen LogP contribution in [0.25, 0.3) is 20.7 Å². The van der Waals surface area contributed by atoms with E-state index in [-0.39, 0.29) is 17.2 Å². The molecule has 0 aliphatic heterocycles. The van der Waals surface area contributed by atoms with Gasteiger partial charge in [0.25, 0.3) is 5.56 Å². The molecule has 154 valence electrons. The minimum atomic E-state index is -0.0779. The van der Waals surface area contributed by atoms with Gasteiger partial charge in [-0.25, -0.2) is 4.98 Å². The van der Waals surface area contributed by atoms with E-state index in [1.807, 2.05) is 61.0 Å². The van der Waals surface area contributed by atoms with Gasteiger partial charge in [0.05, 0.1) is 11.1 Å². The number of para-hydroxylation sites is 1. The van der Waals surface area contributed by atoms with Gasteiger partial charge in [-0.05, 0) is 36.9 Å². The molecule has 0 radical (unpaired) electrons. The Morgan fingerprint density at radius 1 is 1.20 bits per heavy atom. The maximum absolute atomic E-state index is 13.1. The minimum Gasteiger partial charge on any atom is -0.312 e. The molecule has 0 saturated carbocycles. The average Bonchev–Trinajstić information content (AvgIpc) is 3.41. The van der Waals surface area contributed by atoms with E-state index in [0.717, 1.165) is 21.7 Å². The van der Waals surface area contributed by atoms with Gasteiger partial charge in [0.15, 0.2) is 5.16 Å². The molecule has 0 bridgehead atoms. The van der Waals surface area contributed by atoms with Gasteiger partial charge in [-0.2, -0.15) is 0 Å². The topological polar surface area (TPSA) is 55.2 Å². The molecule has 4 aromatic rings. The summed E-state index contributed by atoms with van der Waals surface area (Å²) in [6.07, 6.45) is 0. The first-order chi connectivity index (χ1) is 14.5. The highest BCUT2D eigenvalue weighted by atomic mass is 32.2. The van der Waals surface area contributed by atoms with Crippen molar-refractivity contribution in [3.05, 3.63) is 63.1 Å². The van der Waals surface area contributed by atoms with Crippen LogP contribution in [0, 0.1) is 6.92 Å². The van der Waals surface area contributed by atoms with Crippen LogP contribution in [0.3, 0.4) is 0 Å². The summed E-state index contributed by atoms with van der Waals surface area (Å²) in [5.41, 5.74) is 2.83. The molecule has 0 aliphatic rings. The summed E-state index contributed by atoms with van der Waals surface area (Å²) in [7, 11) is 1.72. The number of aryl methyl sites for hydroxylation is 1. The molecule has 4 rings (SSSR count). The Balaban J connectivity index is 1.60. The number of thiophene rings is 2. The Morgan fingerprint density at radius 2 is 2.00 bits per heavy atom. The summed E-state index contributed by atoms with van der Waals surface area (Å²) in [6.45, 7) is 4.55. The van der Waals surface area contributed by atoms with Gasteiger partial charge in [-0.1, -0.05) is 36.0 Å². The highest BCUT2D eigenvalue weighted by Crippen LogP contribution is 2.34. The Morgan fingerprint density at radius 3 is 2.70 bits per heavy atom. The summed E-state index contributed by atoms with van der Waals surface area (Å²) < 4.78 is 1.55. The predicted molar refractivity (Wildman–Crippen MR) is 128 cm³/mol. The van der Waals surface area contributed by atoms with Crippen LogP contribution in [-0.2, 0) is 11.8 Å². The highest BCUT2D eigenvalue weighted by molar-refractivity contribution is 7.99. The number of carbonyl (C=O) groups excluding carboxylic acids is 1. The zero-order valence-electron chi connectivity index (χ0n) is 16.9. The number of hydrogen-bond donors (Lipinski definition) is 0. The van der Waals surface area contributed by atoms with Crippen LogP contribution >= 0.6 is 34.4 Å². The van der Waals surface area contributed by atoms with Crippen LogP contribution in [0.15, 0.2) is 57.1 Å². The zero-order valence-corrected chi connectivity index (χ0v) is 19.4. The van der Waals surface area contributed by atoms with Gasteiger partial charge in [-0.3, -0.25) is 14.2 Å². The Labute approximate surface area is 187 Å². The van der Waals surface area contributed by atoms with E-state index in [4.69, 9.17) is 4.98 Å². The normalized spacial score (nSPS) is 11.2. The number of fused-ring (bicyclic) bond motifs is 1. The molecule has 5 nitrogen and oxygen atoms in total. The van der Waals surface area contributed by atoms with Crippen molar-refractivity contribution in [3.8, 4) is 10.4 Å². The standard InChI is InChI=1S/C22H21N3O2S3/c1-4-25(16-9-6-5-8-14(16)2)18(26)13-30-22-23-20-19(21(27)24(22)3)15(12-29-20)17-10-7-11-28-17/h5-12H,4,13H2,1-3H3. The van der Waals surface area contributed by atoms with Gasteiger partial charge in [0.2, 0.25) is 5.91 Å². The van der Waals surface area contributed by atoms with Crippen molar-refractivity contribution in [2.24, 2.45) is 7.05 Å². The molecule has 0 fully saturated rings. The van der Waals surface area contributed by atoms with Crippen molar-refractivity contribution < 1.29 is 4.79 Å². The van der Waals surface area contributed by atoms with E-state index in [1.54, 1.807) is 27.9 Å². The second-order valence-electron chi connectivity index (χ2n) is 6.78. The molecular formula is C22H21N3O2S3. The molecule has 0 saturated heterocycles. The van der Waals surface area contributed by atoms with Gasteiger partial charge in [0.1, 0.15) is 4.83 Å². The third-order valence-corrected chi connectivity index (χ3v) is 7.70. The van der Waals surface area contributed by atoms with Crippen molar-refractivity contribution in [1.29, 1.82) is 0 Å². The van der Waals surface area contributed by atoms with Crippen LogP contribution in [0.1, 0.15) is 12.5 Å². The van der Waals surface area contributed by atoms with Gasteiger partial charge >= 0.3 is 0 Å². The fourth-order valence-corrected chi connectivity index (χ4v) is 6.00. The molecule has 3 aromatic heterocycles. The maximum Gasteiger partial charge on any atom is 0.263 e. The Hall–Kier alpha value is -2.42. The quantitative estimate of drug-likeness (QED) is 0.297. The van der Waals surface area contributed by atoms with E-state index >= 15 is 0 Å². The monoisotopic (exact) mass is 455 g/mol. The van der Waals surface area contributed by atoms with Crippen molar-refractivity contribution >= 4 is 56.2 Å². The van der Waals surface area contributed by atoms with Crippen molar-refractivity contribution in [1.82, 2.24) is 9.55 Å². The molecule has 30 heavy (non-hydrogen) atoms. The number of thioether (sulfide) groups is 1. The van der Waals surface area contributed by atoms with Gasteiger partial charge in [-0.15, -0.1) is 22.7 Å². The Bertz CT molecular complexity index is 1260. The second-order valence-corrected chi connectivity index (χ2v) is 9.53. The third-order valence-electron chi connectivity index (χ3n) is 4.91. The average molecular weight is 456 g/mol. The number of anilines is 1. The lowest BCUT2D eigenvalue weighted by atomic mass is 10.2. The SMILES string of the molecule is CCN(C(=O)CSc1nc2scc(-c3cccs3)c2c(=O)n1C)c1ccccc1C. The number of nitrogens with zero attached hydrogens (tertiary/aromatic N) is 3. The number of benzene rings is 1. The Kier molecular flexibility index (Phi) is 6.08. The summed E-state index contributed by atoms with van der Waals surface area (Å²) in [4.78, 5) is 34.2. The van der Waals surface area contributed by atoms with Crippen molar-refractivity contribution in [2.75, 3.05) is 17.2 Å². The summed E-state index contributed by atoms with van der Waals surface area (Å²) in [5.74, 6) is 0.216. The van der Waals surface area contributed by atoms with E-state index in [0.29, 0.717) is 21.9 Å². The molecular weight excluding hydrogens is 434 g/mol. The van der Waals surface area contributed by atoms with Gasteiger partial charge in [0, 0.05) is 35.1 Å². The van der Waals surface area contributed by atoms with Crippen LogP contribution in [0.2, 0.25) is 0 Å². The highest BCUT2D eigenvalue weighted by Gasteiger charge is 2.19. The lowest BCUT2D eigenvalue weighted by Gasteiger charge is -2.22. The molecule has 1 aromatic carbocycles. The third kappa shape index (κ3) is 3.82. The molecule has 0 spiro atoms. The number of hydrogen-bond acceptors (Lipinski definition) is 6. The number of aromatic nitrogens is 2. The minimum absolute atomic E-state index is 0.00315. The first-order valence-electron chi connectivity index (χ1n) is 9.52. The molecule has 0 unspecified atom stereocenters. The second kappa shape index (κ2) is 8.75. The zero-order chi connectivity index (χ0) is 21.3. The van der Waals surface area contributed by atoms with E-state index in [1.165, 1.54) is 23.1 Å². The summed E-state index contributed by atoms with van der Waals surface area (Å²) in [6, 6.07) is 11.8. The van der Waals surface area contributed by atoms with Crippen LogP contribution in [0.4, 0.5) is 5.69 Å². The van der Waals surface area contributed by atoms with Crippen molar-refractivity contribution in [3.63, 3.8) is 0 Å². The summed E-state index contributed by atoms with van der Waals surface area (Å²) in [5, 5.41) is 5.19. The van der Waals surface area contributed by atoms with Crippen LogP contribution in [-0.4, -0.2) is 27.8 Å². The van der Waals surface area contributed by atoms with Crippen LogP contribution in [0.5, 0.6) is 0 Å². The molecule has 0 N–H and O–H groups in total. The maximum atomic E-state index is 13.1. The fourth-order valence-electron chi connectivity index (χ4n) is 3.35. The largest absolute Gasteiger partial charge is 0.312 e. The first-order valence-corrected chi connectivity index (χ1v) is 12.3. The molecule has 3 heterocycles. The molecule has 0 atom stereocenters. The van der Waals surface area contributed by atoms with Gasteiger partial charge < -0.3 is 4.90 Å². The molecule has 1 amide bonds. The fraction of sp³-hybridized carbons (Fsp3) is 0.227.